The summed E-state index contributed by atoms with van der Waals surface area (Å²) in [5.74, 6) is 1.16. The smallest absolute Gasteiger partial charge is 0.319 e. The van der Waals surface area contributed by atoms with Gasteiger partial charge in [-0.2, -0.15) is 0 Å². The highest BCUT2D eigenvalue weighted by Gasteiger charge is 2.48. The van der Waals surface area contributed by atoms with Crippen LogP contribution in [-0.2, 0) is 9.47 Å². The summed E-state index contributed by atoms with van der Waals surface area (Å²) in [6, 6.07) is 15.4. The van der Waals surface area contributed by atoms with Crippen molar-refractivity contribution < 1.29 is 23.8 Å². The first-order valence-electron chi connectivity index (χ1n) is 11.7. The lowest BCUT2D eigenvalue weighted by Gasteiger charge is -2.19. The Hall–Kier alpha value is -4.02. The van der Waals surface area contributed by atoms with E-state index in [0.29, 0.717) is 30.4 Å². The molecule has 0 aliphatic carbocycles. The highest BCUT2D eigenvalue weighted by atomic mass is 16.6. The molecule has 2 aliphatic rings. The van der Waals surface area contributed by atoms with Gasteiger partial charge in [-0.25, -0.2) is 14.8 Å². The highest BCUT2D eigenvalue weighted by molar-refractivity contribution is 5.95. The number of nitrogens with one attached hydrogen (secondary N) is 3. The highest BCUT2D eigenvalue weighted by Crippen LogP contribution is 2.31. The minimum Gasteiger partial charge on any atom is -0.496 e. The Morgan fingerprint density at radius 3 is 2.44 bits per heavy atom. The molecule has 2 fully saturated rings. The van der Waals surface area contributed by atoms with Gasteiger partial charge >= 0.3 is 6.03 Å². The maximum Gasteiger partial charge on any atom is 0.319 e. The summed E-state index contributed by atoms with van der Waals surface area (Å²) in [5.41, 5.74) is 2.78. The molecule has 10 heteroatoms. The SMILES string of the molecule is COc1ccccc1-c1ccnc(N[C@H]2CO[C@H]3[C@H]2OC[C@H]3NC(=O)Nc2ccc(C(C)=O)cc2)n1. The van der Waals surface area contributed by atoms with Gasteiger partial charge < -0.3 is 30.2 Å². The average Bonchev–Trinajstić information content (AvgIpc) is 3.47. The zero-order valence-electron chi connectivity index (χ0n) is 19.9. The van der Waals surface area contributed by atoms with Crippen LogP contribution >= 0.6 is 0 Å². The summed E-state index contributed by atoms with van der Waals surface area (Å²) in [4.78, 5) is 32.9. The Morgan fingerprint density at radius 1 is 0.972 bits per heavy atom. The van der Waals surface area contributed by atoms with Crippen LogP contribution in [0.2, 0.25) is 0 Å². The second kappa shape index (κ2) is 10.3. The molecule has 2 aliphatic heterocycles. The molecule has 0 spiro atoms. The van der Waals surface area contributed by atoms with E-state index in [0.717, 1.165) is 17.0 Å². The molecule has 36 heavy (non-hydrogen) atoms. The van der Waals surface area contributed by atoms with Crippen molar-refractivity contribution in [3.05, 3.63) is 66.4 Å². The third-order valence-electron chi connectivity index (χ3n) is 6.27. The number of aromatic nitrogens is 2. The Balaban J connectivity index is 1.19. The molecule has 4 atom stereocenters. The number of fused-ring (bicyclic) bond motifs is 1. The number of amides is 2. The number of carbonyl (C=O) groups excluding carboxylic acids is 2. The summed E-state index contributed by atoms with van der Waals surface area (Å²) < 4.78 is 17.4. The Kier molecular flexibility index (Phi) is 6.79. The summed E-state index contributed by atoms with van der Waals surface area (Å²) >= 11 is 0. The number of ketones is 1. The molecular formula is C26H27N5O5. The van der Waals surface area contributed by atoms with Crippen LogP contribution in [-0.4, -0.2) is 66.4 Å². The van der Waals surface area contributed by atoms with Crippen LogP contribution in [0.15, 0.2) is 60.8 Å². The van der Waals surface area contributed by atoms with Crippen molar-refractivity contribution in [1.82, 2.24) is 15.3 Å². The van der Waals surface area contributed by atoms with Gasteiger partial charge in [0.1, 0.15) is 18.0 Å². The molecule has 0 radical (unpaired) electrons. The van der Waals surface area contributed by atoms with E-state index >= 15 is 0 Å². The molecule has 5 rings (SSSR count). The Morgan fingerprint density at radius 2 is 1.69 bits per heavy atom. The number of carbonyl (C=O) groups is 2. The van der Waals surface area contributed by atoms with Gasteiger partial charge in [0.25, 0.3) is 0 Å². The van der Waals surface area contributed by atoms with Gasteiger partial charge in [0, 0.05) is 23.0 Å². The van der Waals surface area contributed by atoms with E-state index in [1.807, 2.05) is 30.3 Å². The lowest BCUT2D eigenvalue weighted by molar-refractivity contribution is 0.0683. The van der Waals surface area contributed by atoms with Crippen molar-refractivity contribution >= 4 is 23.5 Å². The second-order valence-electron chi connectivity index (χ2n) is 8.65. The lowest BCUT2D eigenvalue weighted by Crippen LogP contribution is -2.46. The van der Waals surface area contributed by atoms with Crippen molar-refractivity contribution in [2.75, 3.05) is 31.0 Å². The number of hydrogen-bond acceptors (Lipinski definition) is 8. The van der Waals surface area contributed by atoms with Crippen molar-refractivity contribution in [2.45, 2.75) is 31.2 Å². The Bertz CT molecular complexity index is 1250. The van der Waals surface area contributed by atoms with Crippen LogP contribution in [0.25, 0.3) is 11.3 Å². The molecule has 2 saturated heterocycles. The molecule has 10 nitrogen and oxygen atoms in total. The third-order valence-corrected chi connectivity index (χ3v) is 6.27. The molecule has 1 aromatic heterocycles. The van der Waals surface area contributed by atoms with Gasteiger partial charge in [-0.1, -0.05) is 12.1 Å². The number of para-hydroxylation sites is 1. The second-order valence-corrected chi connectivity index (χ2v) is 8.65. The molecular weight excluding hydrogens is 462 g/mol. The first kappa shape index (κ1) is 23.7. The quantitative estimate of drug-likeness (QED) is 0.433. The molecule has 0 bridgehead atoms. The predicted octanol–water partition coefficient (Wildman–Crippen LogP) is 3.12. The number of ether oxygens (including phenoxy) is 3. The van der Waals surface area contributed by atoms with E-state index in [1.165, 1.54) is 6.92 Å². The fraction of sp³-hybridized carbons (Fsp3) is 0.308. The first-order chi connectivity index (χ1) is 17.5. The van der Waals surface area contributed by atoms with Crippen LogP contribution in [0.4, 0.5) is 16.4 Å². The van der Waals surface area contributed by atoms with Gasteiger partial charge in [-0.15, -0.1) is 0 Å². The maximum atomic E-state index is 12.5. The van der Waals surface area contributed by atoms with Crippen LogP contribution in [0, 0.1) is 0 Å². The molecule has 2 aromatic carbocycles. The van der Waals surface area contributed by atoms with Crippen molar-refractivity contribution in [1.29, 1.82) is 0 Å². The number of urea groups is 1. The number of anilines is 2. The van der Waals surface area contributed by atoms with Crippen molar-refractivity contribution in [3.8, 4) is 17.0 Å². The fourth-order valence-electron chi connectivity index (χ4n) is 4.47. The maximum absolute atomic E-state index is 12.5. The van der Waals surface area contributed by atoms with E-state index < -0.39 is 0 Å². The fourth-order valence-corrected chi connectivity index (χ4v) is 4.47. The molecule has 186 valence electrons. The zero-order valence-corrected chi connectivity index (χ0v) is 19.9. The monoisotopic (exact) mass is 489 g/mol. The van der Waals surface area contributed by atoms with E-state index in [1.54, 1.807) is 37.6 Å². The summed E-state index contributed by atoms with van der Waals surface area (Å²) in [6.07, 6.45) is 1.13. The van der Waals surface area contributed by atoms with E-state index in [2.05, 4.69) is 25.9 Å². The van der Waals surface area contributed by atoms with Crippen LogP contribution < -0.4 is 20.7 Å². The molecule has 3 N–H and O–H groups in total. The molecule has 3 aromatic rings. The lowest BCUT2D eigenvalue weighted by atomic mass is 10.1. The average molecular weight is 490 g/mol. The molecule has 0 unspecified atom stereocenters. The van der Waals surface area contributed by atoms with Gasteiger partial charge in [-0.05, 0) is 49.4 Å². The van der Waals surface area contributed by atoms with Crippen molar-refractivity contribution in [2.24, 2.45) is 0 Å². The minimum atomic E-state index is -0.368. The number of rotatable bonds is 7. The van der Waals surface area contributed by atoms with Crippen molar-refractivity contribution in [3.63, 3.8) is 0 Å². The van der Waals surface area contributed by atoms with Gasteiger partial charge in [0.15, 0.2) is 5.78 Å². The standard InChI is InChI=1S/C26H27N5O5/c1-15(32)16-7-9-17(10-8-16)28-26(33)31-21-14-36-23-20(13-35-24(21)23)30-25-27-12-11-19(29-25)18-5-3-4-6-22(18)34-2/h3-12,20-21,23-24H,13-14H2,1-2H3,(H,27,29,30)(H2,28,31,33)/t20-,21+,23-,24+/m0/s1. The summed E-state index contributed by atoms with van der Waals surface area (Å²) in [5, 5.41) is 9.02. The molecule has 3 heterocycles. The van der Waals surface area contributed by atoms with E-state index in [9.17, 15) is 9.59 Å². The number of benzene rings is 2. The summed E-state index contributed by atoms with van der Waals surface area (Å²) in [6.45, 7) is 2.22. The van der Waals surface area contributed by atoms with Gasteiger partial charge in [0.05, 0.1) is 38.1 Å². The van der Waals surface area contributed by atoms with Crippen LogP contribution in [0.5, 0.6) is 5.75 Å². The molecule has 0 saturated carbocycles. The van der Waals surface area contributed by atoms with Crippen LogP contribution in [0.1, 0.15) is 17.3 Å². The van der Waals surface area contributed by atoms with E-state index in [-0.39, 0.29) is 36.1 Å². The van der Waals surface area contributed by atoms with Gasteiger partial charge in [-0.3, -0.25) is 4.79 Å². The Labute approximate surface area is 208 Å². The number of hydrogen-bond donors (Lipinski definition) is 3. The third kappa shape index (κ3) is 5.00. The van der Waals surface area contributed by atoms with Gasteiger partial charge in [0.2, 0.25) is 5.95 Å². The zero-order chi connectivity index (χ0) is 25.1. The summed E-state index contributed by atoms with van der Waals surface area (Å²) in [7, 11) is 1.63. The number of methoxy groups -OCH3 is 1. The topological polar surface area (TPSA) is 124 Å². The minimum absolute atomic E-state index is 0.0291. The normalized spacial score (nSPS) is 22.5. The number of nitrogens with zero attached hydrogens (tertiary/aromatic N) is 2. The largest absolute Gasteiger partial charge is 0.496 e. The first-order valence-corrected chi connectivity index (χ1v) is 11.7. The number of Topliss-reactive ketones (excluding diaryl/α,β-unsaturated/α-hetero) is 1. The predicted molar refractivity (Wildman–Crippen MR) is 133 cm³/mol. The van der Waals surface area contributed by atoms with E-state index in [4.69, 9.17) is 14.2 Å². The van der Waals surface area contributed by atoms with Crippen LogP contribution in [0.3, 0.4) is 0 Å². The molecule has 2 amide bonds.